The van der Waals surface area contributed by atoms with Crippen molar-refractivity contribution in [3.63, 3.8) is 0 Å². The SMILES string of the molecule is CN1CC(OC(=O)c2ccccc2)[N+]([O-])(c2ncc(Br)s2)C1. The molecular weight excluding hydrogens is 370 g/mol. The van der Waals surface area contributed by atoms with E-state index in [4.69, 9.17) is 4.74 Å². The van der Waals surface area contributed by atoms with Crippen LogP contribution in [0.2, 0.25) is 0 Å². The second-order valence-corrected chi connectivity index (χ2v) is 7.54. The number of hydrogen-bond acceptors (Lipinski definition) is 6. The van der Waals surface area contributed by atoms with Gasteiger partial charge in [-0.2, -0.15) is 4.98 Å². The molecule has 8 heteroatoms. The van der Waals surface area contributed by atoms with E-state index in [-0.39, 0.29) is 6.67 Å². The van der Waals surface area contributed by atoms with Gasteiger partial charge in [-0.05, 0) is 46.4 Å². The van der Waals surface area contributed by atoms with E-state index in [1.807, 2.05) is 18.0 Å². The number of thiazole rings is 1. The molecule has 0 spiro atoms. The van der Waals surface area contributed by atoms with Crippen molar-refractivity contribution in [3.05, 3.63) is 51.1 Å². The monoisotopic (exact) mass is 383 g/mol. The average molecular weight is 384 g/mol. The highest BCUT2D eigenvalue weighted by atomic mass is 79.9. The maximum Gasteiger partial charge on any atom is 0.342 e. The molecule has 22 heavy (non-hydrogen) atoms. The summed E-state index contributed by atoms with van der Waals surface area (Å²) in [5.41, 5.74) is 0.434. The average Bonchev–Trinajstić information content (AvgIpc) is 3.05. The number of carbonyl (C=O) groups is 1. The van der Waals surface area contributed by atoms with Crippen LogP contribution >= 0.6 is 27.3 Å². The van der Waals surface area contributed by atoms with Crippen LogP contribution in [0.4, 0.5) is 5.13 Å². The van der Waals surface area contributed by atoms with Crippen LogP contribution in [0.3, 0.4) is 0 Å². The van der Waals surface area contributed by atoms with Gasteiger partial charge in [0.2, 0.25) is 0 Å². The molecule has 1 saturated heterocycles. The first-order valence-corrected chi connectivity index (χ1v) is 8.25. The molecule has 0 aliphatic carbocycles. The van der Waals surface area contributed by atoms with Gasteiger partial charge in [0.15, 0.2) is 0 Å². The summed E-state index contributed by atoms with van der Waals surface area (Å²) in [5, 5.41) is 13.5. The molecule has 0 N–H and O–H groups in total. The predicted molar refractivity (Wildman–Crippen MR) is 88.1 cm³/mol. The van der Waals surface area contributed by atoms with Gasteiger partial charge in [0.05, 0.1) is 22.1 Å². The maximum atomic E-state index is 13.2. The van der Waals surface area contributed by atoms with Crippen molar-refractivity contribution in [2.45, 2.75) is 6.23 Å². The number of nitrogens with zero attached hydrogens (tertiary/aromatic N) is 3. The van der Waals surface area contributed by atoms with Crippen LogP contribution in [0.5, 0.6) is 0 Å². The first kappa shape index (κ1) is 15.6. The summed E-state index contributed by atoms with van der Waals surface area (Å²) >= 11 is 4.57. The molecule has 2 unspecified atom stereocenters. The van der Waals surface area contributed by atoms with E-state index in [2.05, 4.69) is 20.9 Å². The highest BCUT2D eigenvalue weighted by molar-refractivity contribution is 9.11. The molecule has 0 radical (unpaired) electrons. The molecule has 0 bridgehead atoms. The molecule has 2 aromatic rings. The number of esters is 1. The molecule has 1 aromatic heterocycles. The molecule has 1 aliphatic rings. The summed E-state index contributed by atoms with van der Waals surface area (Å²) in [5.74, 6) is -0.491. The minimum absolute atomic E-state index is 0.201. The molecule has 1 aliphatic heterocycles. The summed E-state index contributed by atoms with van der Waals surface area (Å²) in [6.07, 6.45) is 0.766. The molecule has 1 aromatic carbocycles. The fraction of sp³-hybridized carbons (Fsp3) is 0.286. The normalized spacial score (nSPS) is 25.3. The lowest BCUT2D eigenvalue weighted by atomic mass is 10.2. The van der Waals surface area contributed by atoms with Crippen LogP contribution < -0.4 is 4.65 Å². The Morgan fingerprint density at radius 2 is 2.23 bits per heavy atom. The maximum absolute atomic E-state index is 13.2. The summed E-state index contributed by atoms with van der Waals surface area (Å²) in [6, 6.07) is 8.67. The van der Waals surface area contributed by atoms with Crippen LogP contribution in [0.25, 0.3) is 0 Å². The molecule has 0 saturated carbocycles. The topological polar surface area (TPSA) is 65.5 Å². The summed E-state index contributed by atoms with van der Waals surface area (Å²) < 4.78 is 5.48. The van der Waals surface area contributed by atoms with Crippen LogP contribution in [-0.4, -0.2) is 42.3 Å². The first-order valence-electron chi connectivity index (χ1n) is 6.64. The molecule has 6 nitrogen and oxygen atoms in total. The van der Waals surface area contributed by atoms with Crippen molar-refractivity contribution in [3.8, 4) is 0 Å². The van der Waals surface area contributed by atoms with Gasteiger partial charge in [-0.25, -0.2) is 9.69 Å². The Morgan fingerprint density at radius 3 is 2.86 bits per heavy atom. The van der Waals surface area contributed by atoms with Crippen LogP contribution in [-0.2, 0) is 4.74 Å². The standard InChI is InChI=1S/C14H14BrN3O3S/c1-17-8-12(21-13(19)10-5-3-2-4-6-10)18(20,9-17)14-16-7-11(15)22-14/h2-7,12H,8-9H2,1H3. The zero-order valence-electron chi connectivity index (χ0n) is 11.8. The second-order valence-electron chi connectivity index (χ2n) is 5.15. The van der Waals surface area contributed by atoms with E-state index in [9.17, 15) is 10.0 Å². The van der Waals surface area contributed by atoms with Crippen LogP contribution in [0, 0.1) is 5.21 Å². The Morgan fingerprint density at radius 1 is 1.50 bits per heavy atom. The number of ether oxygens (including phenoxy) is 1. The Hall–Kier alpha value is -1.32. The minimum atomic E-state index is -0.823. The number of aromatic nitrogens is 1. The zero-order chi connectivity index (χ0) is 15.7. The number of carbonyl (C=O) groups excluding carboxylic acids is 1. The summed E-state index contributed by atoms with van der Waals surface area (Å²) in [6.45, 7) is 0.575. The number of likely N-dealkylation sites (N-methyl/N-ethyl adjacent to an activating group) is 1. The van der Waals surface area contributed by atoms with E-state index in [1.165, 1.54) is 11.3 Å². The number of halogens is 1. The fourth-order valence-corrected chi connectivity index (χ4v) is 3.65. The van der Waals surface area contributed by atoms with E-state index >= 15 is 0 Å². The molecule has 3 rings (SSSR count). The molecular formula is C14H14BrN3O3S. The minimum Gasteiger partial charge on any atom is -0.622 e. The smallest absolute Gasteiger partial charge is 0.342 e. The third-order valence-corrected chi connectivity index (χ3v) is 5.01. The van der Waals surface area contributed by atoms with Gasteiger partial charge < -0.3 is 9.94 Å². The first-order chi connectivity index (χ1) is 10.5. The third-order valence-electron chi connectivity index (χ3n) is 3.43. The third kappa shape index (κ3) is 2.92. The number of benzene rings is 1. The van der Waals surface area contributed by atoms with Gasteiger partial charge in [-0.15, -0.1) is 0 Å². The van der Waals surface area contributed by atoms with Crippen molar-refractivity contribution >= 4 is 38.4 Å². The fourth-order valence-electron chi connectivity index (χ4n) is 2.40. The Balaban J connectivity index is 1.84. The molecule has 0 amide bonds. The van der Waals surface area contributed by atoms with E-state index < -0.39 is 16.8 Å². The van der Waals surface area contributed by atoms with Gasteiger partial charge in [0.25, 0.3) is 11.4 Å². The highest BCUT2D eigenvalue weighted by Gasteiger charge is 2.44. The summed E-state index contributed by atoms with van der Waals surface area (Å²) in [4.78, 5) is 18.2. The van der Waals surface area contributed by atoms with Crippen molar-refractivity contribution in [1.29, 1.82) is 0 Å². The van der Waals surface area contributed by atoms with E-state index in [0.717, 1.165) is 3.79 Å². The predicted octanol–water partition coefficient (Wildman–Crippen LogP) is 2.80. The molecule has 2 heterocycles. The van der Waals surface area contributed by atoms with Crippen molar-refractivity contribution in [1.82, 2.24) is 14.5 Å². The number of hydroxylamine groups is 2. The number of quaternary nitrogens is 1. The number of rotatable bonds is 3. The Kier molecular flexibility index (Phi) is 4.28. The van der Waals surface area contributed by atoms with E-state index in [0.29, 0.717) is 17.2 Å². The lowest BCUT2D eigenvalue weighted by Gasteiger charge is -2.38. The largest absolute Gasteiger partial charge is 0.622 e. The van der Waals surface area contributed by atoms with Crippen molar-refractivity contribution in [2.75, 3.05) is 20.3 Å². The number of hydrogen-bond donors (Lipinski definition) is 0. The lowest BCUT2D eigenvalue weighted by molar-refractivity contribution is 0.00570. The molecule has 2 atom stereocenters. The van der Waals surface area contributed by atoms with Crippen LogP contribution in [0.1, 0.15) is 10.4 Å². The van der Waals surface area contributed by atoms with Gasteiger partial charge in [0.1, 0.15) is 6.67 Å². The second kappa shape index (κ2) is 6.05. The van der Waals surface area contributed by atoms with Gasteiger partial charge in [-0.3, -0.25) is 4.65 Å². The van der Waals surface area contributed by atoms with Gasteiger partial charge >= 0.3 is 5.97 Å². The van der Waals surface area contributed by atoms with E-state index in [1.54, 1.807) is 30.5 Å². The Labute approximate surface area is 140 Å². The van der Waals surface area contributed by atoms with Crippen LogP contribution in [0.15, 0.2) is 40.3 Å². The summed E-state index contributed by atoms with van der Waals surface area (Å²) in [7, 11) is 1.82. The zero-order valence-corrected chi connectivity index (χ0v) is 14.2. The molecule has 1 fully saturated rings. The van der Waals surface area contributed by atoms with Gasteiger partial charge in [-0.1, -0.05) is 18.2 Å². The molecule has 116 valence electrons. The Bertz CT molecular complexity index is 681. The quantitative estimate of drug-likeness (QED) is 0.463. The van der Waals surface area contributed by atoms with Gasteiger partial charge in [0, 0.05) is 0 Å². The lowest BCUT2D eigenvalue weighted by Crippen LogP contribution is -2.50. The van der Waals surface area contributed by atoms with Crippen molar-refractivity contribution < 1.29 is 9.53 Å². The van der Waals surface area contributed by atoms with Crippen molar-refractivity contribution in [2.24, 2.45) is 0 Å². The highest BCUT2D eigenvalue weighted by Crippen LogP contribution is 2.36.